The largest absolute Gasteiger partial charge is 0.491 e. The average molecular weight is 625 g/mol. The van der Waals surface area contributed by atoms with E-state index in [1.807, 2.05) is 19.0 Å². The fourth-order valence-electron chi connectivity index (χ4n) is 4.54. The molecule has 1 aliphatic carbocycles. The number of nitrogens with one attached hydrogen (secondary N) is 3. The lowest BCUT2D eigenvalue weighted by molar-refractivity contribution is -0.111. The first-order chi connectivity index (χ1) is 21.3. The molecule has 1 atom stereocenters. The second-order valence-corrected chi connectivity index (χ2v) is 11.0. The molecule has 4 rings (SSSR count). The van der Waals surface area contributed by atoms with Gasteiger partial charge in [0.25, 0.3) is 0 Å². The van der Waals surface area contributed by atoms with Crippen molar-refractivity contribution in [3.8, 4) is 5.75 Å². The number of ether oxygens (including phenoxy) is 2. The molecule has 12 heteroatoms. The Bertz CT molecular complexity index is 1500. The maximum absolute atomic E-state index is 13.7. The van der Waals surface area contributed by atoms with Crippen LogP contribution in [-0.4, -0.2) is 66.8 Å². The van der Waals surface area contributed by atoms with Crippen molar-refractivity contribution in [2.45, 2.75) is 44.6 Å². The lowest BCUT2D eigenvalue weighted by Crippen LogP contribution is -2.30. The molecule has 1 heterocycles. The van der Waals surface area contributed by atoms with E-state index < -0.39 is 11.9 Å². The summed E-state index contributed by atoms with van der Waals surface area (Å²) in [4.78, 5) is 35.7. The molecule has 0 radical (unpaired) electrons. The molecule has 1 aliphatic rings. The SMILES string of the molecule is CN(C)C/C=C/C(=O)Nc1cc2c(Nc3ccc(F)c(Cl)c3)ncnc2cc1OCCCNC(=O)OC1CC/C=C/CCC1. The lowest BCUT2D eigenvalue weighted by atomic mass is 10.0. The minimum atomic E-state index is -0.529. The monoisotopic (exact) mass is 624 g/mol. The maximum atomic E-state index is 13.7. The van der Waals surface area contributed by atoms with Gasteiger partial charge < -0.3 is 30.3 Å². The molecule has 0 fully saturated rings. The quantitative estimate of drug-likeness (QED) is 0.117. The van der Waals surface area contributed by atoms with Crippen molar-refractivity contribution in [2.24, 2.45) is 0 Å². The van der Waals surface area contributed by atoms with E-state index in [1.165, 1.54) is 24.5 Å². The van der Waals surface area contributed by atoms with E-state index in [-0.39, 0.29) is 23.6 Å². The molecule has 2 amide bonds. The number of alkyl carbamates (subject to hydrolysis) is 1. The molecule has 0 saturated carbocycles. The number of allylic oxidation sites excluding steroid dienone is 2. The van der Waals surface area contributed by atoms with Crippen LogP contribution in [-0.2, 0) is 9.53 Å². The highest BCUT2D eigenvalue weighted by Gasteiger charge is 2.16. The Morgan fingerprint density at radius 3 is 2.80 bits per heavy atom. The molecule has 3 aromatic rings. The summed E-state index contributed by atoms with van der Waals surface area (Å²) >= 11 is 5.95. The van der Waals surface area contributed by atoms with Gasteiger partial charge in [-0.15, -0.1) is 0 Å². The highest BCUT2D eigenvalue weighted by atomic mass is 35.5. The Kier molecular flexibility index (Phi) is 12.3. The Morgan fingerprint density at radius 1 is 1.14 bits per heavy atom. The summed E-state index contributed by atoms with van der Waals surface area (Å²) in [5, 5.41) is 9.39. The average Bonchev–Trinajstić information content (AvgIpc) is 2.96. The second-order valence-electron chi connectivity index (χ2n) is 10.6. The number of nitrogens with zero attached hydrogens (tertiary/aromatic N) is 3. The van der Waals surface area contributed by atoms with Crippen molar-refractivity contribution in [1.29, 1.82) is 0 Å². The maximum Gasteiger partial charge on any atom is 0.407 e. The summed E-state index contributed by atoms with van der Waals surface area (Å²) < 4.78 is 25.3. The fraction of sp³-hybridized carbons (Fsp3) is 0.375. The van der Waals surface area contributed by atoms with Gasteiger partial charge in [0.1, 0.15) is 29.8 Å². The summed E-state index contributed by atoms with van der Waals surface area (Å²) in [7, 11) is 3.82. The number of hydrogen-bond acceptors (Lipinski definition) is 8. The van der Waals surface area contributed by atoms with Crippen LogP contribution in [0.1, 0.15) is 38.5 Å². The molecule has 234 valence electrons. The van der Waals surface area contributed by atoms with Gasteiger partial charge >= 0.3 is 6.09 Å². The van der Waals surface area contributed by atoms with Crippen LogP contribution in [0.3, 0.4) is 0 Å². The number of aromatic nitrogens is 2. The van der Waals surface area contributed by atoms with Crippen LogP contribution in [0.4, 0.5) is 26.4 Å². The normalized spacial score (nSPS) is 15.9. The van der Waals surface area contributed by atoms with E-state index >= 15 is 0 Å². The van der Waals surface area contributed by atoms with Gasteiger partial charge in [-0.1, -0.05) is 29.8 Å². The number of fused-ring (bicyclic) bond motifs is 1. The molecule has 44 heavy (non-hydrogen) atoms. The van der Waals surface area contributed by atoms with E-state index in [9.17, 15) is 14.0 Å². The number of amides is 2. The summed E-state index contributed by atoms with van der Waals surface area (Å²) in [5.41, 5.74) is 1.51. The third-order valence-electron chi connectivity index (χ3n) is 6.76. The van der Waals surface area contributed by atoms with E-state index in [1.54, 1.807) is 24.3 Å². The van der Waals surface area contributed by atoms with Gasteiger partial charge in [0, 0.05) is 36.3 Å². The van der Waals surface area contributed by atoms with Gasteiger partial charge in [-0.3, -0.25) is 4.79 Å². The van der Waals surface area contributed by atoms with Gasteiger partial charge in [0.15, 0.2) is 0 Å². The summed E-state index contributed by atoms with van der Waals surface area (Å²) in [5.74, 6) is -0.0159. The van der Waals surface area contributed by atoms with Crippen molar-refractivity contribution in [3.63, 3.8) is 0 Å². The van der Waals surface area contributed by atoms with Crippen LogP contribution in [0, 0.1) is 5.82 Å². The number of benzene rings is 2. The van der Waals surface area contributed by atoms with Gasteiger partial charge in [-0.05, 0) is 76.9 Å². The van der Waals surface area contributed by atoms with Crippen molar-refractivity contribution in [2.75, 3.05) is 44.4 Å². The highest BCUT2D eigenvalue weighted by molar-refractivity contribution is 6.31. The summed E-state index contributed by atoms with van der Waals surface area (Å²) in [6.45, 7) is 1.23. The zero-order valence-corrected chi connectivity index (χ0v) is 25.7. The molecule has 2 aromatic carbocycles. The third-order valence-corrected chi connectivity index (χ3v) is 7.05. The predicted octanol–water partition coefficient (Wildman–Crippen LogP) is 6.61. The second kappa shape index (κ2) is 16.6. The highest BCUT2D eigenvalue weighted by Crippen LogP contribution is 2.34. The first kappa shape index (κ1) is 32.7. The molecule has 3 N–H and O–H groups in total. The van der Waals surface area contributed by atoms with E-state index in [0.29, 0.717) is 53.4 Å². The Balaban J connectivity index is 1.44. The van der Waals surface area contributed by atoms with E-state index in [4.69, 9.17) is 21.1 Å². The predicted molar refractivity (Wildman–Crippen MR) is 171 cm³/mol. The number of halogens is 2. The van der Waals surface area contributed by atoms with E-state index in [0.717, 1.165) is 32.1 Å². The molecule has 10 nitrogen and oxygen atoms in total. The van der Waals surface area contributed by atoms with Gasteiger partial charge in [0.05, 0.1) is 22.8 Å². The zero-order chi connectivity index (χ0) is 31.3. The number of anilines is 3. The topological polar surface area (TPSA) is 118 Å². The number of rotatable bonds is 12. The Labute approximate surface area is 261 Å². The van der Waals surface area contributed by atoms with Crippen molar-refractivity contribution >= 4 is 51.7 Å². The smallest absolute Gasteiger partial charge is 0.407 e. The fourth-order valence-corrected chi connectivity index (χ4v) is 4.72. The zero-order valence-electron chi connectivity index (χ0n) is 24.9. The van der Waals surface area contributed by atoms with Crippen LogP contribution in [0.2, 0.25) is 5.02 Å². The van der Waals surface area contributed by atoms with Crippen LogP contribution in [0.15, 0.2) is 61.0 Å². The van der Waals surface area contributed by atoms with Gasteiger partial charge in [-0.2, -0.15) is 0 Å². The molecular weight excluding hydrogens is 587 g/mol. The number of hydrogen-bond donors (Lipinski definition) is 3. The molecule has 0 spiro atoms. The Morgan fingerprint density at radius 2 is 1.98 bits per heavy atom. The number of carbonyl (C=O) groups is 2. The molecule has 1 aromatic heterocycles. The first-order valence-corrected chi connectivity index (χ1v) is 15.0. The summed E-state index contributed by atoms with van der Waals surface area (Å²) in [6, 6.07) is 7.69. The summed E-state index contributed by atoms with van der Waals surface area (Å²) in [6.07, 6.45) is 13.5. The van der Waals surface area contributed by atoms with Crippen molar-refractivity contribution in [3.05, 3.63) is 71.8 Å². The van der Waals surface area contributed by atoms with Gasteiger partial charge in [-0.25, -0.2) is 19.2 Å². The minimum Gasteiger partial charge on any atom is -0.491 e. The van der Waals surface area contributed by atoms with Crippen LogP contribution >= 0.6 is 11.6 Å². The lowest BCUT2D eigenvalue weighted by Gasteiger charge is -2.19. The van der Waals surface area contributed by atoms with Crippen LogP contribution < -0.4 is 20.7 Å². The van der Waals surface area contributed by atoms with Crippen molar-refractivity contribution < 1.29 is 23.5 Å². The molecule has 1 unspecified atom stereocenters. The molecule has 0 saturated heterocycles. The van der Waals surface area contributed by atoms with Crippen molar-refractivity contribution in [1.82, 2.24) is 20.2 Å². The standard InChI is InChI=1S/C32H38ClFN6O4/c1-40(2)16-8-12-30(41)39-28-19-24-27(36-21-37-31(24)38-22-13-14-26(34)25(33)18-22)20-29(28)43-17-9-15-35-32(42)44-23-10-6-4-3-5-7-11-23/h3-4,8,12-14,18-21,23H,5-7,9-11,15-17H2,1-2H3,(H,35,42)(H,39,41)(H,36,37,38)/b4-3+,12-8+. The Hall–Kier alpha value is -4.22. The van der Waals surface area contributed by atoms with Crippen LogP contribution in [0.25, 0.3) is 10.9 Å². The first-order valence-electron chi connectivity index (χ1n) is 14.6. The third kappa shape index (κ3) is 10.2. The van der Waals surface area contributed by atoms with E-state index in [2.05, 4.69) is 38.1 Å². The minimum absolute atomic E-state index is 0.0264. The molecule has 0 bridgehead atoms. The molecular formula is C32H38ClFN6O4. The number of likely N-dealkylation sites (N-methyl/N-ethyl adjacent to an activating group) is 1. The van der Waals surface area contributed by atoms with Gasteiger partial charge in [0.2, 0.25) is 5.91 Å². The number of carbonyl (C=O) groups excluding carboxylic acids is 2. The van der Waals surface area contributed by atoms with Crippen LogP contribution in [0.5, 0.6) is 5.75 Å². The molecule has 0 aliphatic heterocycles.